The molecule has 2 aromatic rings. The van der Waals surface area contributed by atoms with Gasteiger partial charge >= 0.3 is 12.1 Å². The van der Waals surface area contributed by atoms with Crippen molar-refractivity contribution in [3.63, 3.8) is 0 Å². The van der Waals surface area contributed by atoms with E-state index in [2.05, 4.69) is 9.72 Å². The number of carboxylic acids is 1. The quantitative estimate of drug-likeness (QED) is 0.844. The molecule has 0 radical (unpaired) electrons. The van der Waals surface area contributed by atoms with Crippen molar-refractivity contribution in [2.75, 3.05) is 19.7 Å². The maximum Gasteiger partial charge on any atom is 0.422 e. The van der Waals surface area contributed by atoms with E-state index in [4.69, 9.17) is 0 Å². The molecule has 0 aliphatic carbocycles. The van der Waals surface area contributed by atoms with Crippen molar-refractivity contribution < 1.29 is 32.6 Å². The smallest absolute Gasteiger partial charge is 0.422 e. The first-order chi connectivity index (χ1) is 13.2. The highest BCUT2D eigenvalue weighted by atomic mass is 19.4. The van der Waals surface area contributed by atoms with Crippen LogP contribution < -0.4 is 4.74 Å². The summed E-state index contributed by atoms with van der Waals surface area (Å²) in [6.45, 7) is -1.35. The number of ether oxygens (including phenoxy) is 1. The predicted molar refractivity (Wildman–Crippen MR) is 92.0 cm³/mol. The number of carbonyl (C=O) groups excluding carboxylic acids is 1. The van der Waals surface area contributed by atoms with Gasteiger partial charge in [0.2, 0.25) is 5.88 Å². The minimum Gasteiger partial charge on any atom is -0.481 e. The Morgan fingerprint density at radius 3 is 2.46 bits per heavy atom. The third-order valence-corrected chi connectivity index (χ3v) is 4.48. The number of alkyl halides is 3. The lowest BCUT2D eigenvalue weighted by atomic mass is 9.89. The molecule has 6 nitrogen and oxygen atoms in total. The van der Waals surface area contributed by atoms with E-state index in [1.54, 1.807) is 24.3 Å². The number of aliphatic carboxylic acids is 1. The van der Waals surface area contributed by atoms with Crippen molar-refractivity contribution in [3.05, 3.63) is 59.8 Å². The summed E-state index contributed by atoms with van der Waals surface area (Å²) in [5, 5.41) is 9.53. The summed E-state index contributed by atoms with van der Waals surface area (Å²) >= 11 is 0. The fourth-order valence-corrected chi connectivity index (χ4v) is 3.19. The average Bonchev–Trinajstić information content (AvgIpc) is 3.12. The number of aromatic nitrogens is 1. The Hall–Kier alpha value is -3.10. The van der Waals surface area contributed by atoms with Gasteiger partial charge in [0.25, 0.3) is 5.91 Å². The zero-order chi connectivity index (χ0) is 20.3. The molecule has 1 amide bonds. The van der Waals surface area contributed by atoms with E-state index < -0.39 is 30.6 Å². The number of hydrogen-bond acceptors (Lipinski definition) is 4. The van der Waals surface area contributed by atoms with Crippen LogP contribution in [-0.2, 0) is 4.79 Å². The zero-order valence-corrected chi connectivity index (χ0v) is 14.6. The molecule has 2 heterocycles. The summed E-state index contributed by atoms with van der Waals surface area (Å²) in [6, 6.07) is 13.0. The average molecular weight is 394 g/mol. The van der Waals surface area contributed by atoms with Crippen molar-refractivity contribution in [2.45, 2.75) is 12.1 Å². The normalized spacial score (nSPS) is 19.5. The van der Waals surface area contributed by atoms with E-state index in [0.717, 1.165) is 5.56 Å². The molecule has 0 bridgehead atoms. The fraction of sp³-hybridized carbons (Fsp3) is 0.316. The number of carboxylic acid groups (broad SMARTS) is 1. The molecular formula is C19H17F3N2O4. The molecule has 2 atom stereocenters. The van der Waals surface area contributed by atoms with E-state index in [0.29, 0.717) is 0 Å². The summed E-state index contributed by atoms with van der Waals surface area (Å²) in [5.41, 5.74) is 0.706. The number of hydrogen-bond donors (Lipinski definition) is 1. The van der Waals surface area contributed by atoms with Crippen molar-refractivity contribution in [1.82, 2.24) is 9.88 Å². The van der Waals surface area contributed by atoms with Gasteiger partial charge in [0, 0.05) is 25.1 Å². The van der Waals surface area contributed by atoms with Gasteiger partial charge < -0.3 is 14.7 Å². The van der Waals surface area contributed by atoms with Crippen molar-refractivity contribution in [3.8, 4) is 5.88 Å². The van der Waals surface area contributed by atoms with Gasteiger partial charge in [-0.2, -0.15) is 13.2 Å². The standard InChI is InChI=1S/C19H17F3N2O4/c20-19(21,22)11-28-16-8-4-7-15(23-16)17(25)24-9-13(14(10-24)18(26)27)12-5-2-1-3-6-12/h1-8,13-14H,9-11H2,(H,26,27). The van der Waals surface area contributed by atoms with E-state index in [1.165, 1.54) is 23.1 Å². The summed E-state index contributed by atoms with van der Waals surface area (Å²) in [5.74, 6) is -3.05. The van der Waals surface area contributed by atoms with Crippen LogP contribution in [0.2, 0.25) is 0 Å². The minimum absolute atomic E-state index is 0.0109. The highest BCUT2D eigenvalue weighted by molar-refractivity contribution is 5.93. The molecule has 1 aliphatic rings. The summed E-state index contributed by atoms with van der Waals surface area (Å²) in [7, 11) is 0. The van der Waals surface area contributed by atoms with Crippen LogP contribution in [0.5, 0.6) is 5.88 Å². The number of halogens is 3. The molecule has 0 saturated carbocycles. The second kappa shape index (κ2) is 7.87. The van der Waals surface area contributed by atoms with Gasteiger partial charge in [0.15, 0.2) is 6.61 Å². The number of likely N-dealkylation sites (tertiary alicyclic amines) is 1. The SMILES string of the molecule is O=C(O)C1CN(C(=O)c2cccc(OCC(F)(F)F)n2)CC1c1ccccc1. The van der Waals surface area contributed by atoms with Crippen molar-refractivity contribution in [1.29, 1.82) is 0 Å². The zero-order valence-electron chi connectivity index (χ0n) is 14.6. The van der Waals surface area contributed by atoms with Crippen LogP contribution in [0.1, 0.15) is 22.0 Å². The van der Waals surface area contributed by atoms with E-state index in [9.17, 15) is 27.9 Å². The van der Waals surface area contributed by atoms with Crippen LogP contribution in [0.25, 0.3) is 0 Å². The van der Waals surface area contributed by atoms with Crippen LogP contribution in [0.15, 0.2) is 48.5 Å². The van der Waals surface area contributed by atoms with E-state index >= 15 is 0 Å². The second-order valence-electron chi connectivity index (χ2n) is 6.44. The lowest BCUT2D eigenvalue weighted by Gasteiger charge is -2.16. The highest BCUT2D eigenvalue weighted by Crippen LogP contribution is 2.33. The third kappa shape index (κ3) is 4.59. The Morgan fingerprint density at radius 2 is 1.82 bits per heavy atom. The van der Waals surface area contributed by atoms with Gasteiger partial charge in [-0.05, 0) is 11.6 Å². The Bertz CT molecular complexity index is 858. The fourth-order valence-electron chi connectivity index (χ4n) is 3.19. The van der Waals surface area contributed by atoms with E-state index in [-0.39, 0.29) is 30.6 Å². The maximum absolute atomic E-state index is 12.7. The molecule has 1 aromatic heterocycles. The first-order valence-electron chi connectivity index (χ1n) is 8.48. The monoisotopic (exact) mass is 394 g/mol. The van der Waals surface area contributed by atoms with Crippen LogP contribution in [-0.4, -0.2) is 52.7 Å². The number of benzene rings is 1. The highest BCUT2D eigenvalue weighted by Gasteiger charge is 2.41. The Kier molecular flexibility index (Phi) is 5.53. The number of amides is 1. The van der Waals surface area contributed by atoms with Gasteiger partial charge in [0.1, 0.15) is 5.69 Å². The van der Waals surface area contributed by atoms with Gasteiger partial charge in [-0.15, -0.1) is 0 Å². The first kappa shape index (κ1) is 19.7. The molecule has 0 spiro atoms. The maximum atomic E-state index is 12.7. The van der Waals surface area contributed by atoms with Crippen LogP contribution >= 0.6 is 0 Å². The largest absolute Gasteiger partial charge is 0.481 e. The summed E-state index contributed by atoms with van der Waals surface area (Å²) in [6.07, 6.45) is -4.52. The number of nitrogens with zero attached hydrogens (tertiary/aromatic N) is 2. The molecule has 9 heteroatoms. The van der Waals surface area contributed by atoms with Crippen molar-refractivity contribution >= 4 is 11.9 Å². The summed E-state index contributed by atoms with van der Waals surface area (Å²) in [4.78, 5) is 29.6. The number of rotatable bonds is 5. The molecule has 148 valence electrons. The first-order valence-corrected chi connectivity index (χ1v) is 8.48. The molecule has 1 fully saturated rings. The van der Waals surface area contributed by atoms with Crippen LogP contribution in [0.3, 0.4) is 0 Å². The molecule has 3 rings (SSSR count). The third-order valence-electron chi connectivity index (χ3n) is 4.48. The number of carbonyl (C=O) groups is 2. The van der Waals surface area contributed by atoms with Gasteiger partial charge in [-0.1, -0.05) is 36.4 Å². The molecular weight excluding hydrogens is 377 g/mol. The van der Waals surface area contributed by atoms with Gasteiger partial charge in [-0.3, -0.25) is 9.59 Å². The predicted octanol–water partition coefficient (Wildman–Crippen LogP) is 2.96. The molecule has 28 heavy (non-hydrogen) atoms. The van der Waals surface area contributed by atoms with Crippen molar-refractivity contribution in [2.24, 2.45) is 5.92 Å². The molecule has 1 saturated heterocycles. The molecule has 2 unspecified atom stereocenters. The Labute approximate surface area is 158 Å². The topological polar surface area (TPSA) is 79.7 Å². The Morgan fingerprint density at radius 1 is 1.11 bits per heavy atom. The lowest BCUT2D eigenvalue weighted by Crippen LogP contribution is -2.30. The minimum atomic E-state index is -4.52. The molecule has 1 N–H and O–H groups in total. The van der Waals surface area contributed by atoms with Gasteiger partial charge in [-0.25, -0.2) is 4.98 Å². The molecule has 1 aromatic carbocycles. The van der Waals surface area contributed by atoms with Crippen LogP contribution in [0, 0.1) is 5.92 Å². The lowest BCUT2D eigenvalue weighted by molar-refractivity contribution is -0.154. The summed E-state index contributed by atoms with van der Waals surface area (Å²) < 4.78 is 41.4. The van der Waals surface area contributed by atoms with Gasteiger partial charge in [0.05, 0.1) is 5.92 Å². The molecule has 1 aliphatic heterocycles. The second-order valence-corrected chi connectivity index (χ2v) is 6.44. The number of pyridine rings is 1. The van der Waals surface area contributed by atoms with E-state index in [1.807, 2.05) is 6.07 Å². The van der Waals surface area contributed by atoms with Crippen LogP contribution in [0.4, 0.5) is 13.2 Å². The Balaban J connectivity index is 1.76.